The van der Waals surface area contributed by atoms with E-state index < -0.39 is 18.7 Å². The lowest BCUT2D eigenvalue weighted by atomic mass is 10.1. The predicted octanol–water partition coefficient (Wildman–Crippen LogP) is 5.54. The highest BCUT2D eigenvalue weighted by molar-refractivity contribution is 5.89. The van der Waals surface area contributed by atoms with Crippen molar-refractivity contribution in [2.45, 2.75) is 26.5 Å². The molecule has 2 aromatic carbocycles. The van der Waals surface area contributed by atoms with Gasteiger partial charge in [0.25, 0.3) is 0 Å². The van der Waals surface area contributed by atoms with E-state index in [4.69, 9.17) is 0 Å². The molecule has 0 radical (unpaired) electrons. The summed E-state index contributed by atoms with van der Waals surface area (Å²) in [7, 11) is 0. The van der Waals surface area contributed by atoms with Gasteiger partial charge in [0.1, 0.15) is 5.75 Å². The Hall–Kier alpha value is -3.48. The smallest absolute Gasteiger partial charge is 0.387 e. The minimum absolute atomic E-state index is 0.0495. The number of carbonyl (C=O) groups is 1. The minimum Gasteiger partial charge on any atom is -0.435 e. The monoisotopic (exact) mass is 397 g/mol. The van der Waals surface area contributed by atoms with Crippen molar-refractivity contribution in [3.05, 3.63) is 78.1 Å². The van der Waals surface area contributed by atoms with E-state index in [1.165, 1.54) is 12.1 Å². The molecule has 0 saturated carbocycles. The van der Waals surface area contributed by atoms with Gasteiger partial charge in [0.2, 0.25) is 0 Å². The number of alkyl halides is 2. The largest absolute Gasteiger partial charge is 0.435 e. The number of halogens is 2. The van der Waals surface area contributed by atoms with Gasteiger partial charge in [0, 0.05) is 17.6 Å². The van der Waals surface area contributed by atoms with Crippen molar-refractivity contribution in [2.24, 2.45) is 0 Å². The van der Waals surface area contributed by atoms with Gasteiger partial charge in [0.05, 0.1) is 6.04 Å². The summed E-state index contributed by atoms with van der Waals surface area (Å²) < 4.78 is 29.1. The quantitative estimate of drug-likeness (QED) is 0.574. The molecule has 3 aromatic rings. The van der Waals surface area contributed by atoms with Crippen LogP contribution in [0.15, 0.2) is 66.9 Å². The summed E-state index contributed by atoms with van der Waals surface area (Å²) in [4.78, 5) is 16.5. The highest BCUT2D eigenvalue weighted by atomic mass is 19.3. The first-order chi connectivity index (χ1) is 13.9. The zero-order chi connectivity index (χ0) is 20.8. The van der Waals surface area contributed by atoms with E-state index in [9.17, 15) is 13.6 Å². The molecule has 0 bridgehead atoms. The van der Waals surface area contributed by atoms with E-state index in [1.807, 2.05) is 43.3 Å². The number of ether oxygens (including phenoxy) is 1. The van der Waals surface area contributed by atoms with Crippen LogP contribution in [-0.2, 0) is 0 Å². The van der Waals surface area contributed by atoms with Crippen LogP contribution >= 0.6 is 0 Å². The number of hydrogen-bond donors (Lipinski definition) is 2. The molecule has 150 valence electrons. The maximum Gasteiger partial charge on any atom is 0.387 e. The van der Waals surface area contributed by atoms with Crippen LogP contribution in [0.1, 0.15) is 24.2 Å². The van der Waals surface area contributed by atoms with Crippen molar-refractivity contribution in [1.29, 1.82) is 0 Å². The first kappa shape index (κ1) is 20.3. The first-order valence-corrected chi connectivity index (χ1v) is 9.06. The van der Waals surface area contributed by atoms with Crippen LogP contribution in [0.3, 0.4) is 0 Å². The first-order valence-electron chi connectivity index (χ1n) is 9.06. The van der Waals surface area contributed by atoms with E-state index in [1.54, 1.807) is 25.3 Å². The number of hydrogen-bond acceptors (Lipinski definition) is 3. The van der Waals surface area contributed by atoms with Crippen LogP contribution in [0.4, 0.5) is 19.3 Å². The van der Waals surface area contributed by atoms with E-state index in [2.05, 4.69) is 20.4 Å². The fraction of sp³-hybridized carbons (Fsp3) is 0.182. The number of urea groups is 1. The second kappa shape index (κ2) is 9.14. The van der Waals surface area contributed by atoms with Crippen molar-refractivity contribution in [1.82, 2.24) is 10.3 Å². The summed E-state index contributed by atoms with van der Waals surface area (Å²) in [6, 6.07) is 16.8. The summed E-state index contributed by atoms with van der Waals surface area (Å²) in [5, 5.41) is 5.54. The maximum atomic E-state index is 12.4. The Bertz CT molecular complexity index is 978. The molecule has 0 fully saturated rings. The number of amides is 2. The van der Waals surface area contributed by atoms with Crippen LogP contribution < -0.4 is 15.4 Å². The summed E-state index contributed by atoms with van der Waals surface area (Å²) >= 11 is 0. The van der Waals surface area contributed by atoms with Gasteiger partial charge >= 0.3 is 12.6 Å². The fourth-order valence-corrected chi connectivity index (χ4v) is 2.88. The van der Waals surface area contributed by atoms with Crippen molar-refractivity contribution in [3.63, 3.8) is 0 Å². The standard InChI is InChI=1S/C22H21F2N3O2/c1-14-12-18(10-11-25-14)16-6-8-19(9-7-16)27-22(28)26-15(2)17-4-3-5-20(13-17)29-21(23)24/h3-13,15,21H,1-2H3,(H2,26,27,28). The summed E-state index contributed by atoms with van der Waals surface area (Å²) in [6.45, 7) is 0.798. The number of pyridine rings is 1. The predicted molar refractivity (Wildman–Crippen MR) is 108 cm³/mol. The molecule has 1 atom stereocenters. The van der Waals surface area contributed by atoms with Crippen LogP contribution in [0, 0.1) is 6.92 Å². The number of benzene rings is 2. The van der Waals surface area contributed by atoms with Crippen LogP contribution in [0.5, 0.6) is 5.75 Å². The Labute approximate surface area is 167 Å². The van der Waals surface area contributed by atoms with Gasteiger partial charge in [-0.2, -0.15) is 8.78 Å². The third-order valence-corrected chi connectivity index (χ3v) is 4.30. The number of carbonyl (C=O) groups excluding carboxylic acids is 1. The molecular weight excluding hydrogens is 376 g/mol. The molecule has 0 saturated heterocycles. The van der Waals surface area contributed by atoms with Crippen molar-refractivity contribution < 1.29 is 18.3 Å². The Morgan fingerprint density at radius 1 is 1.03 bits per heavy atom. The van der Waals surface area contributed by atoms with E-state index >= 15 is 0 Å². The molecule has 0 aliphatic heterocycles. The Kier molecular flexibility index (Phi) is 6.39. The summed E-state index contributed by atoms with van der Waals surface area (Å²) in [6.07, 6.45) is 1.76. The second-order valence-electron chi connectivity index (χ2n) is 6.53. The van der Waals surface area contributed by atoms with Gasteiger partial charge in [-0.05, 0) is 66.9 Å². The third kappa shape index (κ3) is 5.75. The zero-order valence-corrected chi connectivity index (χ0v) is 16.0. The van der Waals surface area contributed by atoms with Gasteiger partial charge in [-0.25, -0.2) is 4.79 Å². The fourth-order valence-electron chi connectivity index (χ4n) is 2.88. The number of nitrogens with zero attached hydrogens (tertiary/aromatic N) is 1. The third-order valence-electron chi connectivity index (χ3n) is 4.30. The number of nitrogens with one attached hydrogen (secondary N) is 2. The molecular formula is C22H21F2N3O2. The topological polar surface area (TPSA) is 63.2 Å². The number of aryl methyl sites for hydroxylation is 1. The number of anilines is 1. The lowest BCUT2D eigenvalue weighted by Crippen LogP contribution is -2.31. The summed E-state index contributed by atoms with van der Waals surface area (Å²) in [5.74, 6) is 0.0495. The Balaban J connectivity index is 1.60. The average molecular weight is 397 g/mol. The molecule has 1 heterocycles. The molecule has 0 aliphatic carbocycles. The molecule has 0 aliphatic rings. The molecule has 7 heteroatoms. The van der Waals surface area contributed by atoms with Gasteiger partial charge in [0.15, 0.2) is 0 Å². The highest BCUT2D eigenvalue weighted by Crippen LogP contribution is 2.23. The van der Waals surface area contributed by atoms with E-state index in [0.29, 0.717) is 11.3 Å². The SMILES string of the molecule is Cc1cc(-c2ccc(NC(=O)NC(C)c3cccc(OC(F)F)c3)cc2)ccn1. The zero-order valence-electron chi connectivity index (χ0n) is 16.0. The van der Waals surface area contributed by atoms with E-state index in [0.717, 1.165) is 16.8 Å². The molecule has 29 heavy (non-hydrogen) atoms. The van der Waals surface area contributed by atoms with Gasteiger partial charge in [-0.3, -0.25) is 4.98 Å². The summed E-state index contributed by atoms with van der Waals surface area (Å²) in [5.41, 5.74) is 4.29. The molecule has 0 spiro atoms. The van der Waals surface area contributed by atoms with Gasteiger partial charge in [-0.15, -0.1) is 0 Å². The van der Waals surface area contributed by atoms with Crippen LogP contribution in [-0.4, -0.2) is 17.6 Å². The van der Waals surface area contributed by atoms with E-state index in [-0.39, 0.29) is 5.75 Å². The van der Waals surface area contributed by atoms with Crippen LogP contribution in [0.25, 0.3) is 11.1 Å². The maximum absolute atomic E-state index is 12.4. The van der Waals surface area contributed by atoms with Gasteiger partial charge in [-0.1, -0.05) is 24.3 Å². The number of rotatable bonds is 6. The molecule has 2 N–H and O–H groups in total. The minimum atomic E-state index is -2.89. The van der Waals surface area contributed by atoms with Crippen molar-refractivity contribution in [2.75, 3.05) is 5.32 Å². The molecule has 1 unspecified atom stereocenters. The molecule has 3 rings (SSSR count). The lowest BCUT2D eigenvalue weighted by Gasteiger charge is -2.16. The van der Waals surface area contributed by atoms with Crippen molar-refractivity contribution >= 4 is 11.7 Å². The molecule has 2 amide bonds. The normalized spacial score (nSPS) is 11.8. The van der Waals surface area contributed by atoms with Crippen molar-refractivity contribution in [3.8, 4) is 16.9 Å². The molecule has 5 nitrogen and oxygen atoms in total. The average Bonchev–Trinajstić information content (AvgIpc) is 2.68. The van der Waals surface area contributed by atoms with Gasteiger partial charge < -0.3 is 15.4 Å². The Morgan fingerprint density at radius 3 is 2.48 bits per heavy atom. The Morgan fingerprint density at radius 2 is 1.79 bits per heavy atom. The van der Waals surface area contributed by atoms with Crippen LogP contribution in [0.2, 0.25) is 0 Å². The number of aromatic nitrogens is 1. The lowest BCUT2D eigenvalue weighted by molar-refractivity contribution is -0.0499. The second-order valence-corrected chi connectivity index (χ2v) is 6.53. The molecule has 1 aromatic heterocycles. The highest BCUT2D eigenvalue weighted by Gasteiger charge is 2.12.